The fourth-order valence-corrected chi connectivity index (χ4v) is 2.90. The molecule has 2 aliphatic rings. The summed E-state index contributed by atoms with van der Waals surface area (Å²) in [4.78, 5) is 11.7. The highest BCUT2D eigenvalue weighted by Crippen LogP contribution is 2.42. The average Bonchev–Trinajstić information content (AvgIpc) is 3.01. The SMILES string of the molecule is Cc1ccc(C(=O)N/N=C2\CC3CCC2C3)o1. The van der Waals surface area contributed by atoms with Crippen LogP contribution in [0.3, 0.4) is 0 Å². The third kappa shape index (κ3) is 1.99. The number of hydrogen-bond acceptors (Lipinski definition) is 3. The summed E-state index contributed by atoms with van der Waals surface area (Å²) in [6, 6.07) is 3.45. The summed E-state index contributed by atoms with van der Waals surface area (Å²) in [6.45, 7) is 1.82. The molecule has 90 valence electrons. The molecular formula is C13H16N2O2. The smallest absolute Gasteiger partial charge is 0.307 e. The zero-order chi connectivity index (χ0) is 11.8. The van der Waals surface area contributed by atoms with Crippen molar-refractivity contribution in [2.45, 2.75) is 32.6 Å². The first-order valence-corrected chi connectivity index (χ1v) is 6.15. The first-order valence-electron chi connectivity index (χ1n) is 6.15. The molecule has 3 rings (SSSR count). The van der Waals surface area contributed by atoms with Crippen molar-refractivity contribution in [3.8, 4) is 0 Å². The molecule has 4 nitrogen and oxygen atoms in total. The fraction of sp³-hybridized carbons (Fsp3) is 0.538. The maximum absolute atomic E-state index is 11.7. The molecule has 2 bridgehead atoms. The van der Waals surface area contributed by atoms with Crippen LogP contribution in [0.5, 0.6) is 0 Å². The van der Waals surface area contributed by atoms with Crippen LogP contribution in [0.25, 0.3) is 0 Å². The second-order valence-electron chi connectivity index (χ2n) is 5.03. The number of aryl methyl sites for hydroxylation is 1. The van der Waals surface area contributed by atoms with E-state index >= 15 is 0 Å². The van der Waals surface area contributed by atoms with Gasteiger partial charge in [0.05, 0.1) is 0 Å². The number of fused-ring (bicyclic) bond motifs is 2. The highest BCUT2D eigenvalue weighted by Gasteiger charge is 2.36. The monoisotopic (exact) mass is 232 g/mol. The Hall–Kier alpha value is -1.58. The Kier molecular flexibility index (Phi) is 2.50. The lowest BCUT2D eigenvalue weighted by atomic mass is 9.99. The van der Waals surface area contributed by atoms with Gasteiger partial charge in [-0.2, -0.15) is 5.10 Å². The number of hydrazone groups is 1. The third-order valence-corrected chi connectivity index (χ3v) is 3.78. The van der Waals surface area contributed by atoms with Gasteiger partial charge in [-0.15, -0.1) is 0 Å². The van der Waals surface area contributed by atoms with Gasteiger partial charge in [0.15, 0.2) is 5.76 Å². The molecule has 17 heavy (non-hydrogen) atoms. The van der Waals surface area contributed by atoms with E-state index in [9.17, 15) is 4.79 Å². The van der Waals surface area contributed by atoms with E-state index < -0.39 is 0 Å². The van der Waals surface area contributed by atoms with Crippen molar-refractivity contribution < 1.29 is 9.21 Å². The van der Waals surface area contributed by atoms with E-state index in [2.05, 4.69) is 10.5 Å². The van der Waals surface area contributed by atoms with Crippen LogP contribution in [-0.4, -0.2) is 11.6 Å². The van der Waals surface area contributed by atoms with Gasteiger partial charge >= 0.3 is 5.91 Å². The summed E-state index contributed by atoms with van der Waals surface area (Å²) in [6.07, 6.45) is 4.88. The Balaban J connectivity index is 1.64. The molecule has 1 aromatic heterocycles. The van der Waals surface area contributed by atoms with Gasteiger partial charge in [-0.3, -0.25) is 4.79 Å². The van der Waals surface area contributed by atoms with Crippen LogP contribution in [0.2, 0.25) is 0 Å². The minimum atomic E-state index is -0.256. The van der Waals surface area contributed by atoms with E-state index in [4.69, 9.17) is 4.42 Å². The second kappa shape index (κ2) is 4.02. The van der Waals surface area contributed by atoms with E-state index in [0.717, 1.165) is 23.8 Å². The van der Waals surface area contributed by atoms with Gasteiger partial charge in [-0.25, -0.2) is 5.43 Å². The highest BCUT2D eigenvalue weighted by atomic mass is 16.3. The van der Waals surface area contributed by atoms with E-state index in [1.54, 1.807) is 12.1 Å². The van der Waals surface area contributed by atoms with Gasteiger partial charge < -0.3 is 4.42 Å². The zero-order valence-corrected chi connectivity index (χ0v) is 9.90. The second-order valence-corrected chi connectivity index (χ2v) is 5.03. The summed E-state index contributed by atoms with van der Waals surface area (Å²) in [5.41, 5.74) is 3.76. The van der Waals surface area contributed by atoms with Crippen molar-refractivity contribution in [2.24, 2.45) is 16.9 Å². The Morgan fingerprint density at radius 2 is 2.35 bits per heavy atom. The van der Waals surface area contributed by atoms with Gasteiger partial charge in [-0.1, -0.05) is 0 Å². The molecule has 4 heteroatoms. The van der Waals surface area contributed by atoms with Crippen LogP contribution >= 0.6 is 0 Å². The van der Waals surface area contributed by atoms with Crippen LogP contribution in [0, 0.1) is 18.8 Å². The minimum Gasteiger partial charge on any atom is -0.456 e. The Labute approximate surface area is 100 Å². The highest BCUT2D eigenvalue weighted by molar-refractivity contribution is 5.94. The molecule has 2 aliphatic carbocycles. The van der Waals surface area contributed by atoms with Gasteiger partial charge in [0.2, 0.25) is 0 Å². The fourth-order valence-electron chi connectivity index (χ4n) is 2.90. The van der Waals surface area contributed by atoms with Crippen LogP contribution in [0.1, 0.15) is 42.0 Å². The van der Waals surface area contributed by atoms with Crippen molar-refractivity contribution in [1.29, 1.82) is 0 Å². The molecule has 1 heterocycles. The van der Waals surface area contributed by atoms with Crippen LogP contribution < -0.4 is 5.43 Å². The third-order valence-electron chi connectivity index (χ3n) is 3.78. The normalized spacial score (nSPS) is 28.9. The Morgan fingerprint density at radius 1 is 1.47 bits per heavy atom. The molecule has 1 amide bonds. The van der Waals surface area contributed by atoms with Crippen LogP contribution in [0.15, 0.2) is 21.7 Å². The molecule has 2 fully saturated rings. The Morgan fingerprint density at radius 3 is 2.94 bits per heavy atom. The quantitative estimate of drug-likeness (QED) is 0.796. The number of nitrogens with zero attached hydrogens (tertiary/aromatic N) is 1. The number of carbonyl (C=O) groups is 1. The standard InChI is InChI=1S/C13H16N2O2/c1-8-2-5-12(17-8)13(16)15-14-11-7-9-3-4-10(11)6-9/h2,5,9-10H,3-4,6-7H2,1H3,(H,15,16)/b14-11+. The lowest BCUT2D eigenvalue weighted by molar-refractivity contribution is 0.0925. The van der Waals surface area contributed by atoms with Crippen LogP contribution in [0.4, 0.5) is 0 Å². The van der Waals surface area contributed by atoms with Gasteiger partial charge in [0.1, 0.15) is 5.76 Å². The maximum atomic E-state index is 11.7. The Bertz CT molecular complexity index is 476. The van der Waals surface area contributed by atoms with Crippen LogP contribution in [-0.2, 0) is 0 Å². The summed E-state index contributed by atoms with van der Waals surface area (Å²) >= 11 is 0. The molecule has 0 aliphatic heterocycles. The predicted octanol–water partition coefficient (Wildman–Crippen LogP) is 2.49. The van der Waals surface area contributed by atoms with Gasteiger partial charge in [0.25, 0.3) is 0 Å². The topological polar surface area (TPSA) is 54.6 Å². The van der Waals surface area contributed by atoms with E-state index in [1.165, 1.54) is 19.3 Å². The van der Waals surface area contributed by atoms with Crippen molar-refractivity contribution in [2.75, 3.05) is 0 Å². The summed E-state index contributed by atoms with van der Waals surface area (Å²) < 4.78 is 5.24. The lowest BCUT2D eigenvalue weighted by Crippen LogP contribution is -2.21. The molecule has 2 saturated carbocycles. The number of nitrogens with one attached hydrogen (secondary N) is 1. The number of furan rings is 1. The maximum Gasteiger partial charge on any atom is 0.307 e. The van der Waals surface area contributed by atoms with Crippen molar-refractivity contribution in [3.63, 3.8) is 0 Å². The average molecular weight is 232 g/mol. The molecule has 1 aromatic rings. The van der Waals surface area contributed by atoms with Crippen molar-refractivity contribution in [1.82, 2.24) is 5.43 Å². The predicted molar refractivity (Wildman–Crippen MR) is 63.8 cm³/mol. The summed E-state index contributed by atoms with van der Waals surface area (Å²) in [5.74, 6) is 2.23. The first-order chi connectivity index (χ1) is 8.22. The first kappa shape index (κ1) is 10.6. The van der Waals surface area contributed by atoms with E-state index in [0.29, 0.717) is 11.7 Å². The largest absolute Gasteiger partial charge is 0.456 e. The zero-order valence-electron chi connectivity index (χ0n) is 9.90. The van der Waals surface area contributed by atoms with Gasteiger partial charge in [0, 0.05) is 5.71 Å². The molecule has 2 unspecified atom stereocenters. The van der Waals surface area contributed by atoms with Crippen molar-refractivity contribution >= 4 is 11.6 Å². The summed E-state index contributed by atoms with van der Waals surface area (Å²) in [5, 5.41) is 4.25. The molecule has 0 saturated heterocycles. The summed E-state index contributed by atoms with van der Waals surface area (Å²) in [7, 11) is 0. The van der Waals surface area contributed by atoms with Crippen molar-refractivity contribution in [3.05, 3.63) is 23.7 Å². The minimum absolute atomic E-state index is 0.256. The number of hydrogen-bond donors (Lipinski definition) is 1. The number of carbonyl (C=O) groups excluding carboxylic acids is 1. The molecule has 1 N–H and O–H groups in total. The van der Waals surface area contributed by atoms with Gasteiger partial charge in [-0.05, 0) is 56.6 Å². The number of amides is 1. The number of rotatable bonds is 2. The van der Waals surface area contributed by atoms with E-state index in [1.807, 2.05) is 6.92 Å². The molecular weight excluding hydrogens is 216 g/mol. The molecule has 0 aromatic carbocycles. The molecule has 0 radical (unpaired) electrons. The molecule has 2 atom stereocenters. The molecule has 0 spiro atoms. The van der Waals surface area contributed by atoms with E-state index in [-0.39, 0.29) is 5.91 Å². The lowest BCUT2D eigenvalue weighted by Gasteiger charge is -2.11.